The van der Waals surface area contributed by atoms with Crippen molar-refractivity contribution >= 4 is 27.5 Å². The number of anilines is 1. The number of nitrogens with one attached hydrogen (secondary N) is 2. The van der Waals surface area contributed by atoms with Crippen molar-refractivity contribution in [3.63, 3.8) is 0 Å². The lowest BCUT2D eigenvalue weighted by atomic mass is 10.0. The number of hydrogen-bond donors (Lipinski definition) is 3. The molecule has 1 aliphatic carbocycles. The molecule has 2 aliphatic rings. The molecule has 0 spiro atoms. The zero-order valence-corrected chi connectivity index (χ0v) is 14.5. The third-order valence-corrected chi connectivity index (χ3v) is 6.13. The second-order valence-corrected chi connectivity index (χ2v) is 8.08. The largest absolute Gasteiger partial charge is 0.384 e. The quantitative estimate of drug-likeness (QED) is 0.511. The number of hydrogen-bond acceptors (Lipinski definition) is 5. The molecule has 1 aromatic rings. The summed E-state index contributed by atoms with van der Waals surface area (Å²) < 4.78 is 27.4. The molecule has 25 heavy (non-hydrogen) atoms. The van der Waals surface area contributed by atoms with E-state index in [1.165, 1.54) is 6.07 Å². The Morgan fingerprint density at radius 2 is 2.00 bits per heavy atom. The van der Waals surface area contributed by atoms with Gasteiger partial charge in [-0.3, -0.25) is 9.59 Å². The van der Waals surface area contributed by atoms with E-state index in [-0.39, 0.29) is 17.2 Å². The van der Waals surface area contributed by atoms with Crippen molar-refractivity contribution in [2.24, 2.45) is 17.1 Å². The molecule has 2 atom stereocenters. The van der Waals surface area contributed by atoms with Gasteiger partial charge in [-0.25, -0.2) is 13.1 Å². The maximum atomic E-state index is 12.7. The molecule has 4 N–H and O–H groups in total. The number of fused-ring (bicyclic) bond motifs is 2. The molecule has 1 heterocycles. The lowest BCUT2D eigenvalue weighted by Crippen LogP contribution is -2.44. The predicted molar refractivity (Wildman–Crippen MR) is 93.0 cm³/mol. The maximum Gasteiger partial charge on any atom is 0.266 e. The highest BCUT2D eigenvalue weighted by molar-refractivity contribution is 7.90. The molecule has 0 unspecified atom stereocenters. The summed E-state index contributed by atoms with van der Waals surface area (Å²) in [5.74, 6) is -2.01. The molecule has 0 radical (unpaired) electrons. The first-order chi connectivity index (χ1) is 11.9. The fraction of sp³-hybridized carbons (Fsp3) is 0.412. The molecular weight excluding hydrogens is 342 g/mol. The molecule has 1 aliphatic heterocycles. The van der Waals surface area contributed by atoms with Crippen molar-refractivity contribution in [2.75, 3.05) is 11.9 Å². The summed E-state index contributed by atoms with van der Waals surface area (Å²) >= 11 is 0. The van der Waals surface area contributed by atoms with Gasteiger partial charge in [0.2, 0.25) is 11.8 Å². The highest BCUT2D eigenvalue weighted by Gasteiger charge is 2.64. The van der Waals surface area contributed by atoms with Crippen LogP contribution < -0.4 is 15.8 Å². The van der Waals surface area contributed by atoms with Gasteiger partial charge in [0.25, 0.3) is 10.0 Å². The number of rotatable bonds is 1. The molecule has 1 aromatic carbocycles. The Balaban J connectivity index is 1.98. The zero-order chi connectivity index (χ0) is 18.1. The van der Waals surface area contributed by atoms with Crippen molar-refractivity contribution < 1.29 is 18.0 Å². The summed E-state index contributed by atoms with van der Waals surface area (Å²) in [5.41, 5.74) is 4.36. The summed E-state index contributed by atoms with van der Waals surface area (Å²) in [6.07, 6.45) is 6.58. The summed E-state index contributed by atoms with van der Waals surface area (Å²) in [6, 6.07) is 6.37. The third-order valence-electron chi connectivity index (χ3n) is 4.74. The molecule has 134 valence electrons. The molecule has 1 saturated carbocycles. The lowest BCUT2D eigenvalue weighted by molar-refractivity contribution is -0.134. The monoisotopic (exact) mass is 363 g/mol. The molecule has 2 amide bonds. The molecule has 8 heteroatoms. The molecule has 0 saturated heterocycles. The number of carbonyl (C=O) groups excluding carboxylic acids is 2. The van der Waals surface area contributed by atoms with Crippen LogP contribution in [-0.2, 0) is 19.6 Å². The van der Waals surface area contributed by atoms with E-state index in [0.29, 0.717) is 12.2 Å². The summed E-state index contributed by atoms with van der Waals surface area (Å²) in [6.45, 7) is 0.628. The number of para-hydroxylation sites is 1. The van der Waals surface area contributed by atoms with Crippen LogP contribution in [0.25, 0.3) is 0 Å². The minimum Gasteiger partial charge on any atom is -0.384 e. The summed E-state index contributed by atoms with van der Waals surface area (Å²) in [4.78, 5) is 24.4. The van der Waals surface area contributed by atoms with Crippen molar-refractivity contribution in [3.8, 4) is 0 Å². The Kier molecular flexibility index (Phi) is 4.55. The van der Waals surface area contributed by atoms with Crippen LogP contribution in [0.5, 0.6) is 0 Å². The summed E-state index contributed by atoms with van der Waals surface area (Å²) in [5, 5.41) is 3.10. The standard InChI is InChI=1S/C17H21N3O4S/c18-15(21)17-11-12(17)7-3-1-2-6-10-19-13-8-4-5-9-14(13)25(23,24)20-16(17)22/h3-5,7-9,12,19H,1-2,6,10-11H2,(H2,18,21)(H,20,22)/b7-3+/t12-,17-/m1/s1. The zero-order valence-electron chi connectivity index (χ0n) is 13.7. The van der Waals surface area contributed by atoms with Crippen molar-refractivity contribution in [1.82, 2.24) is 4.72 Å². The van der Waals surface area contributed by atoms with E-state index in [1.807, 2.05) is 10.8 Å². The number of amides is 2. The van der Waals surface area contributed by atoms with E-state index < -0.39 is 27.3 Å². The first-order valence-corrected chi connectivity index (χ1v) is 9.73. The Morgan fingerprint density at radius 1 is 1.24 bits per heavy atom. The normalized spacial score (nSPS) is 29.8. The molecular formula is C17H21N3O4S. The number of primary amides is 1. The van der Waals surface area contributed by atoms with Crippen LogP contribution in [-0.4, -0.2) is 26.8 Å². The van der Waals surface area contributed by atoms with Crippen LogP contribution in [0.3, 0.4) is 0 Å². The van der Waals surface area contributed by atoms with E-state index in [4.69, 9.17) is 5.73 Å². The smallest absolute Gasteiger partial charge is 0.266 e. The van der Waals surface area contributed by atoms with Gasteiger partial charge in [0.15, 0.2) is 0 Å². The van der Waals surface area contributed by atoms with Gasteiger partial charge in [0, 0.05) is 12.5 Å². The number of nitrogens with two attached hydrogens (primary N) is 1. The van der Waals surface area contributed by atoms with E-state index in [9.17, 15) is 18.0 Å². The van der Waals surface area contributed by atoms with Crippen LogP contribution in [0.1, 0.15) is 25.7 Å². The van der Waals surface area contributed by atoms with E-state index >= 15 is 0 Å². The molecule has 0 aromatic heterocycles. The SMILES string of the molecule is NC(=O)[C@@]12C[C@H]1/C=C/CCCCNc1ccccc1S(=O)(=O)NC2=O. The van der Waals surface area contributed by atoms with E-state index in [0.717, 1.165) is 19.3 Å². The Bertz CT molecular complexity index is 834. The van der Waals surface area contributed by atoms with Gasteiger partial charge in [-0.05, 0) is 37.8 Å². The average Bonchev–Trinajstić information content (AvgIpc) is 3.29. The van der Waals surface area contributed by atoms with Gasteiger partial charge in [-0.1, -0.05) is 24.3 Å². The molecule has 1 fully saturated rings. The van der Waals surface area contributed by atoms with Gasteiger partial charge in [-0.15, -0.1) is 0 Å². The highest BCUT2D eigenvalue weighted by atomic mass is 32.2. The van der Waals surface area contributed by atoms with E-state index in [2.05, 4.69) is 5.32 Å². The average molecular weight is 363 g/mol. The van der Waals surface area contributed by atoms with E-state index in [1.54, 1.807) is 24.3 Å². The minimum absolute atomic E-state index is 0.0206. The number of allylic oxidation sites excluding steroid dienone is 2. The van der Waals surface area contributed by atoms with Gasteiger partial charge >= 0.3 is 0 Å². The molecule has 3 rings (SSSR count). The van der Waals surface area contributed by atoms with Crippen molar-refractivity contribution in [2.45, 2.75) is 30.6 Å². The second kappa shape index (κ2) is 6.51. The maximum absolute atomic E-state index is 12.7. The van der Waals surface area contributed by atoms with Crippen molar-refractivity contribution in [1.29, 1.82) is 0 Å². The van der Waals surface area contributed by atoms with Gasteiger partial charge in [0.1, 0.15) is 10.3 Å². The molecule has 7 nitrogen and oxygen atoms in total. The Labute approximate surface area is 146 Å². The minimum atomic E-state index is -4.11. The summed E-state index contributed by atoms with van der Waals surface area (Å²) in [7, 11) is -4.11. The number of benzene rings is 1. The van der Waals surface area contributed by atoms with Crippen LogP contribution >= 0.6 is 0 Å². The lowest BCUT2D eigenvalue weighted by Gasteiger charge is -2.16. The van der Waals surface area contributed by atoms with Crippen LogP contribution in [0.4, 0.5) is 5.69 Å². The van der Waals surface area contributed by atoms with Gasteiger partial charge in [0.05, 0.1) is 5.69 Å². The van der Waals surface area contributed by atoms with Gasteiger partial charge in [-0.2, -0.15) is 0 Å². The Morgan fingerprint density at radius 3 is 2.76 bits per heavy atom. The van der Waals surface area contributed by atoms with Gasteiger partial charge < -0.3 is 11.1 Å². The topological polar surface area (TPSA) is 118 Å². The van der Waals surface area contributed by atoms with Crippen LogP contribution in [0.15, 0.2) is 41.3 Å². The number of carbonyl (C=O) groups is 2. The van der Waals surface area contributed by atoms with Crippen molar-refractivity contribution in [3.05, 3.63) is 36.4 Å². The first-order valence-electron chi connectivity index (χ1n) is 8.24. The second-order valence-electron chi connectivity index (χ2n) is 6.43. The highest BCUT2D eigenvalue weighted by Crippen LogP contribution is 2.53. The fourth-order valence-electron chi connectivity index (χ4n) is 3.16. The molecule has 0 bridgehead atoms. The van der Waals surface area contributed by atoms with Crippen LogP contribution in [0, 0.1) is 11.3 Å². The Hall–Kier alpha value is -2.35. The third kappa shape index (κ3) is 3.26. The first kappa shape index (κ1) is 17.5. The predicted octanol–water partition coefficient (Wildman–Crippen LogP) is 1.14. The van der Waals surface area contributed by atoms with Crippen LogP contribution in [0.2, 0.25) is 0 Å². The fourth-order valence-corrected chi connectivity index (χ4v) is 4.39. The number of sulfonamides is 1.